The van der Waals surface area contributed by atoms with E-state index in [0.29, 0.717) is 0 Å². The number of nitrogens with zero attached hydrogens (tertiary/aromatic N) is 3. The van der Waals surface area contributed by atoms with Gasteiger partial charge >= 0.3 is 18.1 Å². The average molecular weight is 555 g/mol. The number of ether oxygens (including phenoxy) is 1. The number of thioether (sulfide) groups is 1. The van der Waals surface area contributed by atoms with E-state index in [4.69, 9.17) is 4.74 Å². The molecule has 2 atom stereocenters. The number of halogens is 4. The molecule has 0 aromatic carbocycles. The van der Waals surface area contributed by atoms with Crippen molar-refractivity contribution in [3.8, 4) is 0 Å². The highest BCUT2D eigenvalue weighted by Crippen LogP contribution is 2.40. The van der Waals surface area contributed by atoms with Gasteiger partial charge in [-0.3, -0.25) is 24.0 Å². The van der Waals surface area contributed by atoms with Crippen molar-refractivity contribution in [2.75, 3.05) is 12.4 Å². The Hall–Kier alpha value is -2.55. The van der Waals surface area contributed by atoms with E-state index < -0.39 is 47.0 Å². The molecule has 3 heterocycles. The summed E-state index contributed by atoms with van der Waals surface area (Å²) >= 11 is 4.06. The van der Waals surface area contributed by atoms with Gasteiger partial charge in [0.15, 0.2) is 5.69 Å². The van der Waals surface area contributed by atoms with Gasteiger partial charge in [-0.15, -0.1) is 11.8 Å². The van der Waals surface area contributed by atoms with Crippen molar-refractivity contribution >= 4 is 51.4 Å². The third-order valence-corrected chi connectivity index (χ3v) is 7.26. The third kappa shape index (κ3) is 5.03. The summed E-state index contributed by atoms with van der Waals surface area (Å²) in [5.41, 5.74) is -0.925. The highest BCUT2D eigenvalue weighted by Gasteiger charge is 2.54. The molecule has 2 aliphatic rings. The summed E-state index contributed by atoms with van der Waals surface area (Å²) in [4.78, 5) is 48.6. The third-order valence-electron chi connectivity index (χ3n) is 4.97. The number of hydrogen-bond acceptors (Lipinski definition) is 7. The molecule has 0 unspecified atom stereocenters. The summed E-state index contributed by atoms with van der Waals surface area (Å²) in [5, 5.41) is 14.9. The summed E-state index contributed by atoms with van der Waals surface area (Å²) in [6, 6.07) is -0.983. The predicted molar refractivity (Wildman–Crippen MR) is 111 cm³/mol. The molecule has 2 amide bonds. The smallest absolute Gasteiger partial charge is 0.436 e. The Balaban J connectivity index is 1.64. The zero-order valence-corrected chi connectivity index (χ0v) is 19.6. The van der Waals surface area contributed by atoms with Crippen LogP contribution in [-0.4, -0.2) is 67.3 Å². The van der Waals surface area contributed by atoms with Crippen molar-refractivity contribution in [3.63, 3.8) is 0 Å². The number of carbonyl (C=O) groups excluding carboxylic acids is 3. The van der Waals surface area contributed by atoms with Crippen LogP contribution in [-0.2, 0) is 36.6 Å². The fourth-order valence-electron chi connectivity index (χ4n) is 3.36. The summed E-state index contributed by atoms with van der Waals surface area (Å²) in [5.74, 6) is -3.02. The quantitative estimate of drug-likeness (QED) is 0.384. The van der Waals surface area contributed by atoms with E-state index >= 15 is 0 Å². The molecule has 0 aliphatic carbocycles. The summed E-state index contributed by atoms with van der Waals surface area (Å²) in [6.07, 6.45) is -4.90. The van der Waals surface area contributed by atoms with Crippen molar-refractivity contribution in [1.82, 2.24) is 20.0 Å². The molecule has 0 bridgehead atoms. The number of aromatic nitrogens is 2. The van der Waals surface area contributed by atoms with Crippen molar-refractivity contribution in [1.29, 1.82) is 0 Å². The van der Waals surface area contributed by atoms with Crippen LogP contribution < -0.4 is 5.32 Å². The van der Waals surface area contributed by atoms with Gasteiger partial charge in [-0.1, -0.05) is 0 Å². The van der Waals surface area contributed by atoms with Crippen molar-refractivity contribution in [2.45, 2.75) is 44.4 Å². The number of hydrogen-bond donors (Lipinski definition) is 2. The summed E-state index contributed by atoms with van der Waals surface area (Å²) < 4.78 is 44.6. The molecular weight excluding hydrogens is 537 g/mol. The van der Waals surface area contributed by atoms with E-state index in [1.54, 1.807) is 0 Å². The molecule has 1 saturated heterocycles. The van der Waals surface area contributed by atoms with E-state index in [1.807, 2.05) is 0 Å². The fraction of sp³-hybridized carbons (Fsp3) is 0.500. The van der Waals surface area contributed by atoms with Crippen molar-refractivity contribution < 1.29 is 42.2 Å². The Kier molecular flexibility index (Phi) is 7.12. The summed E-state index contributed by atoms with van der Waals surface area (Å²) in [7, 11) is 0. The highest BCUT2D eigenvalue weighted by molar-refractivity contribution is 9.10. The number of rotatable bonds is 7. The van der Waals surface area contributed by atoms with Crippen molar-refractivity contribution in [2.24, 2.45) is 0 Å². The van der Waals surface area contributed by atoms with Crippen LogP contribution in [0.1, 0.15) is 24.7 Å². The molecule has 2 aliphatic heterocycles. The van der Waals surface area contributed by atoms with Gasteiger partial charge in [0, 0.05) is 24.7 Å². The topological polar surface area (TPSA) is 131 Å². The number of aryl methyl sites for hydroxylation is 1. The van der Waals surface area contributed by atoms with Gasteiger partial charge in [-0.25, -0.2) is 4.79 Å². The Morgan fingerprint density at radius 1 is 1.36 bits per heavy atom. The molecule has 33 heavy (non-hydrogen) atoms. The average Bonchev–Trinajstić information content (AvgIpc) is 3.02. The molecule has 1 aromatic heterocycles. The molecule has 180 valence electrons. The van der Waals surface area contributed by atoms with Gasteiger partial charge in [-0.2, -0.15) is 18.3 Å². The monoisotopic (exact) mass is 554 g/mol. The normalized spacial score (nSPS) is 20.3. The maximum absolute atomic E-state index is 13.0. The van der Waals surface area contributed by atoms with Gasteiger partial charge in [0.25, 0.3) is 5.91 Å². The number of alkyl halides is 3. The predicted octanol–water partition coefficient (Wildman–Crippen LogP) is 1.66. The molecule has 2 N–H and O–H groups in total. The Morgan fingerprint density at radius 3 is 2.58 bits per heavy atom. The van der Waals surface area contributed by atoms with E-state index in [0.717, 1.165) is 9.58 Å². The van der Waals surface area contributed by atoms with Gasteiger partial charge in [0.2, 0.25) is 5.91 Å². The minimum atomic E-state index is -4.65. The second-order valence-corrected chi connectivity index (χ2v) is 9.11. The van der Waals surface area contributed by atoms with Crippen LogP contribution in [0.5, 0.6) is 0 Å². The highest BCUT2D eigenvalue weighted by atomic mass is 79.9. The molecule has 10 nitrogen and oxygen atoms in total. The van der Waals surface area contributed by atoms with Crippen LogP contribution in [0, 0.1) is 6.92 Å². The van der Waals surface area contributed by atoms with Gasteiger partial charge < -0.3 is 15.2 Å². The number of carboxylic acids is 1. The first-order valence-electron chi connectivity index (χ1n) is 9.45. The minimum absolute atomic E-state index is 0.151. The van der Waals surface area contributed by atoms with Gasteiger partial charge in [0.05, 0.1) is 16.7 Å². The number of carbonyl (C=O) groups is 4. The molecular formula is C18H18BrF3N4O6S. The lowest BCUT2D eigenvalue weighted by molar-refractivity contribution is -0.151. The van der Waals surface area contributed by atoms with Crippen molar-refractivity contribution in [3.05, 3.63) is 27.1 Å². The van der Waals surface area contributed by atoms with Gasteiger partial charge in [-0.05, 0) is 22.9 Å². The molecule has 3 rings (SSSR count). The van der Waals surface area contributed by atoms with Crippen LogP contribution in [0.15, 0.2) is 15.7 Å². The van der Waals surface area contributed by atoms with Crippen LogP contribution in [0.3, 0.4) is 0 Å². The number of amides is 2. The Bertz CT molecular complexity index is 1060. The maximum Gasteiger partial charge on any atom is 0.436 e. The maximum atomic E-state index is 13.0. The fourth-order valence-corrected chi connectivity index (χ4v) is 5.20. The molecule has 1 aromatic rings. The van der Waals surface area contributed by atoms with Crippen LogP contribution in [0.4, 0.5) is 13.2 Å². The largest absolute Gasteiger partial charge is 0.477 e. The lowest BCUT2D eigenvalue weighted by Gasteiger charge is -2.49. The number of aliphatic carboxylic acids is 1. The van der Waals surface area contributed by atoms with Crippen LogP contribution in [0.2, 0.25) is 0 Å². The second-order valence-electron chi connectivity index (χ2n) is 7.21. The minimum Gasteiger partial charge on any atom is -0.477 e. The SMILES string of the molecule is CC(=O)OCC1=C(C(=O)O)N2C(=O)[C@@H](NC(=O)CCn3nc(C(F)(F)F)c(Br)c3C)[C@@H]2SC1. The molecule has 0 radical (unpaired) electrons. The zero-order chi connectivity index (χ0) is 24.7. The Morgan fingerprint density at radius 2 is 2.03 bits per heavy atom. The number of β-lactam (4-membered cyclic amide) rings is 1. The number of nitrogens with one attached hydrogen (secondary N) is 1. The second kappa shape index (κ2) is 9.37. The first-order chi connectivity index (χ1) is 15.3. The lowest BCUT2D eigenvalue weighted by atomic mass is 10.0. The molecule has 15 heteroatoms. The number of carboxylic acid groups (broad SMARTS) is 1. The van der Waals surface area contributed by atoms with E-state index in [9.17, 15) is 37.5 Å². The summed E-state index contributed by atoms with van der Waals surface area (Å²) in [6.45, 7) is 2.18. The number of fused-ring (bicyclic) bond motifs is 1. The van der Waals surface area contributed by atoms with Gasteiger partial charge in [0.1, 0.15) is 23.7 Å². The zero-order valence-electron chi connectivity index (χ0n) is 17.2. The molecule has 0 saturated carbocycles. The number of esters is 1. The molecule has 1 fully saturated rings. The first-order valence-corrected chi connectivity index (χ1v) is 11.3. The standard InChI is InChI=1S/C18H18BrF3N4O6S/c1-7-11(19)14(18(20,21)22)24-25(7)4-3-10(28)23-12-15(29)26-13(17(30)31)9(5-32-8(2)27)6-33-16(12)26/h12,16H,3-6H2,1-2H3,(H,23,28)(H,30,31)/t12-,16+/m1/s1. The van der Waals surface area contributed by atoms with E-state index in [1.165, 1.54) is 25.6 Å². The molecule has 0 spiro atoms. The Labute approximate surface area is 197 Å². The van der Waals surface area contributed by atoms with Crippen LogP contribution >= 0.6 is 27.7 Å². The van der Waals surface area contributed by atoms with Crippen LogP contribution in [0.25, 0.3) is 0 Å². The van der Waals surface area contributed by atoms with E-state index in [2.05, 4.69) is 26.3 Å². The lowest BCUT2D eigenvalue weighted by Crippen LogP contribution is -2.70. The first kappa shape index (κ1) is 25.1. The van der Waals surface area contributed by atoms with E-state index in [-0.39, 0.29) is 46.8 Å².